The molecule has 6 nitrogen and oxygen atoms in total. The van der Waals surface area contributed by atoms with Crippen molar-refractivity contribution in [2.24, 2.45) is 4.99 Å². The number of rotatable bonds is 5. The van der Waals surface area contributed by atoms with Gasteiger partial charge in [-0.25, -0.2) is 4.99 Å². The van der Waals surface area contributed by atoms with E-state index in [4.69, 9.17) is 21.3 Å². The van der Waals surface area contributed by atoms with E-state index in [2.05, 4.69) is 28.9 Å². The predicted molar refractivity (Wildman–Crippen MR) is 144 cm³/mol. The molecule has 0 atom stereocenters. The van der Waals surface area contributed by atoms with Gasteiger partial charge in [-0.2, -0.15) is 0 Å². The maximum atomic E-state index is 13.5. The number of amidine groups is 1. The van der Waals surface area contributed by atoms with Crippen molar-refractivity contribution >= 4 is 63.3 Å². The van der Waals surface area contributed by atoms with E-state index >= 15 is 0 Å². The number of nitrogens with zero attached hydrogens (tertiary/aromatic N) is 4. The van der Waals surface area contributed by atoms with Crippen molar-refractivity contribution in [2.75, 3.05) is 49.7 Å². The first-order valence-electron chi connectivity index (χ1n) is 11.5. The SMILES string of the molecule is CCCCN1C(=O)C(=C2Sc3ccc(Cl)cc3N2C)SC1=Nc1ccc(N2CCOCC2)cc1. The standard InChI is InChI=1S/C25H27ClN4O2S2/c1-3-4-11-30-23(31)22(24-28(2)20-16-17(26)5-10-21(20)33-24)34-25(30)27-18-6-8-19(9-7-18)29-12-14-32-15-13-29/h5-10,16H,3-4,11-15H2,1-2H3. The Hall–Kier alpha value is -2.13. The summed E-state index contributed by atoms with van der Waals surface area (Å²) in [6.07, 6.45) is 1.95. The van der Waals surface area contributed by atoms with E-state index in [9.17, 15) is 4.79 Å². The van der Waals surface area contributed by atoms with Gasteiger partial charge in [0.05, 0.1) is 29.6 Å². The van der Waals surface area contributed by atoms with Gasteiger partial charge in [0, 0.05) is 42.3 Å². The molecule has 9 heteroatoms. The summed E-state index contributed by atoms with van der Waals surface area (Å²) in [5, 5.41) is 2.36. The van der Waals surface area contributed by atoms with Crippen molar-refractivity contribution in [3.8, 4) is 0 Å². The first kappa shape index (κ1) is 23.6. The Kier molecular flexibility index (Phi) is 7.11. The van der Waals surface area contributed by atoms with Gasteiger partial charge < -0.3 is 14.5 Å². The van der Waals surface area contributed by atoms with Gasteiger partial charge >= 0.3 is 0 Å². The molecular formula is C25H27ClN4O2S2. The van der Waals surface area contributed by atoms with E-state index in [1.807, 2.05) is 42.3 Å². The fourth-order valence-corrected chi connectivity index (χ4v) is 6.64. The third-order valence-corrected chi connectivity index (χ3v) is 8.70. The molecular weight excluding hydrogens is 488 g/mol. The number of halogens is 1. The van der Waals surface area contributed by atoms with Gasteiger partial charge in [-0.3, -0.25) is 9.69 Å². The van der Waals surface area contributed by atoms with Crippen LogP contribution in [0.15, 0.2) is 62.3 Å². The Balaban J connectivity index is 1.43. The van der Waals surface area contributed by atoms with Crippen molar-refractivity contribution in [1.82, 2.24) is 4.90 Å². The lowest BCUT2D eigenvalue weighted by atomic mass is 10.2. The molecule has 3 heterocycles. The maximum Gasteiger partial charge on any atom is 0.269 e. The van der Waals surface area contributed by atoms with E-state index < -0.39 is 0 Å². The fourth-order valence-electron chi connectivity index (χ4n) is 4.12. The van der Waals surface area contributed by atoms with Crippen LogP contribution in [0.2, 0.25) is 5.02 Å². The molecule has 2 aromatic carbocycles. The summed E-state index contributed by atoms with van der Waals surface area (Å²) in [6, 6.07) is 14.1. The molecule has 3 aliphatic rings. The van der Waals surface area contributed by atoms with E-state index in [1.165, 1.54) is 17.4 Å². The minimum Gasteiger partial charge on any atom is -0.378 e. The van der Waals surface area contributed by atoms with Crippen LogP contribution in [-0.2, 0) is 9.53 Å². The van der Waals surface area contributed by atoms with Gasteiger partial charge in [-0.05, 0) is 60.6 Å². The average molecular weight is 515 g/mol. The molecule has 0 N–H and O–H groups in total. The highest BCUT2D eigenvalue weighted by molar-refractivity contribution is 8.19. The number of hydrogen-bond donors (Lipinski definition) is 0. The zero-order chi connectivity index (χ0) is 23.7. The molecule has 2 saturated heterocycles. The van der Waals surface area contributed by atoms with Gasteiger partial charge in [0.1, 0.15) is 4.91 Å². The first-order chi connectivity index (χ1) is 16.5. The number of aliphatic imine (C=N–C) groups is 1. The second kappa shape index (κ2) is 10.2. The van der Waals surface area contributed by atoms with Crippen molar-refractivity contribution in [3.05, 3.63) is 57.4 Å². The molecule has 34 heavy (non-hydrogen) atoms. The molecule has 178 valence electrons. The van der Waals surface area contributed by atoms with Crippen LogP contribution < -0.4 is 9.80 Å². The summed E-state index contributed by atoms with van der Waals surface area (Å²) in [5.41, 5.74) is 3.05. The lowest BCUT2D eigenvalue weighted by Gasteiger charge is -2.28. The molecule has 0 bridgehead atoms. The van der Waals surface area contributed by atoms with Gasteiger partial charge in [-0.1, -0.05) is 36.7 Å². The topological polar surface area (TPSA) is 48.4 Å². The van der Waals surface area contributed by atoms with Crippen molar-refractivity contribution < 1.29 is 9.53 Å². The summed E-state index contributed by atoms with van der Waals surface area (Å²) in [4.78, 5) is 26.4. The van der Waals surface area contributed by atoms with Crippen LogP contribution in [0.3, 0.4) is 0 Å². The molecule has 5 rings (SSSR count). The van der Waals surface area contributed by atoms with Crippen LogP contribution in [0.1, 0.15) is 19.8 Å². The predicted octanol–water partition coefficient (Wildman–Crippen LogP) is 5.95. The van der Waals surface area contributed by atoms with Crippen molar-refractivity contribution in [1.29, 1.82) is 0 Å². The molecule has 2 fully saturated rings. The van der Waals surface area contributed by atoms with Gasteiger partial charge in [0.2, 0.25) is 0 Å². The van der Waals surface area contributed by atoms with Crippen LogP contribution in [-0.4, -0.2) is 55.9 Å². The van der Waals surface area contributed by atoms with Crippen LogP contribution in [0.25, 0.3) is 0 Å². The van der Waals surface area contributed by atoms with Gasteiger partial charge in [0.25, 0.3) is 5.91 Å². The molecule has 0 spiro atoms. The number of fused-ring (bicyclic) bond motifs is 1. The van der Waals surface area contributed by atoms with E-state index in [-0.39, 0.29) is 5.91 Å². The number of ether oxygens (including phenoxy) is 1. The highest BCUT2D eigenvalue weighted by Gasteiger charge is 2.38. The van der Waals surface area contributed by atoms with Crippen LogP contribution in [0.5, 0.6) is 0 Å². The van der Waals surface area contributed by atoms with Crippen LogP contribution in [0, 0.1) is 0 Å². The zero-order valence-corrected chi connectivity index (χ0v) is 21.7. The minimum atomic E-state index is 0.0235. The Morgan fingerprint density at radius 2 is 1.85 bits per heavy atom. The minimum absolute atomic E-state index is 0.0235. The van der Waals surface area contributed by atoms with E-state index in [1.54, 1.807) is 11.8 Å². The quantitative estimate of drug-likeness (QED) is 0.459. The number of carbonyl (C=O) groups excluding carboxylic acids is 1. The third kappa shape index (κ3) is 4.69. The first-order valence-corrected chi connectivity index (χ1v) is 13.5. The maximum absolute atomic E-state index is 13.5. The van der Waals surface area contributed by atoms with Crippen molar-refractivity contribution in [3.63, 3.8) is 0 Å². The highest BCUT2D eigenvalue weighted by Crippen LogP contribution is 2.50. The van der Waals surface area contributed by atoms with E-state index in [0.717, 1.165) is 70.5 Å². The highest BCUT2D eigenvalue weighted by atomic mass is 35.5. The zero-order valence-electron chi connectivity index (χ0n) is 19.3. The smallest absolute Gasteiger partial charge is 0.269 e. The molecule has 1 amide bonds. The molecule has 0 aromatic heterocycles. The second-order valence-electron chi connectivity index (χ2n) is 8.33. The number of unbranched alkanes of at least 4 members (excludes halogenated alkanes) is 1. The molecule has 0 saturated carbocycles. The molecule has 0 radical (unpaired) electrons. The fraction of sp³-hybridized carbons (Fsp3) is 0.360. The summed E-state index contributed by atoms with van der Waals surface area (Å²) < 4.78 is 5.45. The molecule has 0 aliphatic carbocycles. The lowest BCUT2D eigenvalue weighted by Crippen LogP contribution is -2.36. The molecule has 2 aromatic rings. The van der Waals surface area contributed by atoms with Crippen LogP contribution in [0.4, 0.5) is 17.1 Å². The van der Waals surface area contributed by atoms with Crippen molar-refractivity contribution in [2.45, 2.75) is 24.7 Å². The Bertz CT molecular complexity index is 1150. The third-order valence-electron chi connectivity index (χ3n) is 6.04. The second-order valence-corrected chi connectivity index (χ2v) is 10.8. The van der Waals surface area contributed by atoms with E-state index in [0.29, 0.717) is 11.6 Å². The summed E-state index contributed by atoms with van der Waals surface area (Å²) in [7, 11) is 1.99. The van der Waals surface area contributed by atoms with Crippen LogP contribution >= 0.6 is 35.1 Å². The molecule has 3 aliphatic heterocycles. The Morgan fingerprint density at radius 1 is 1.09 bits per heavy atom. The monoisotopic (exact) mass is 514 g/mol. The lowest BCUT2D eigenvalue weighted by molar-refractivity contribution is -0.122. The summed E-state index contributed by atoms with van der Waals surface area (Å²) in [5.74, 6) is 0.0235. The largest absolute Gasteiger partial charge is 0.378 e. The van der Waals surface area contributed by atoms with Gasteiger partial charge in [-0.15, -0.1) is 0 Å². The Labute approximate surface area is 214 Å². The number of morpholine rings is 1. The normalized spacial score (nSPS) is 21.7. The average Bonchev–Trinajstić information content (AvgIpc) is 3.34. The molecule has 0 unspecified atom stereocenters. The number of benzene rings is 2. The van der Waals surface area contributed by atoms with Gasteiger partial charge in [0.15, 0.2) is 5.17 Å². The summed E-state index contributed by atoms with van der Waals surface area (Å²) >= 11 is 9.30. The summed E-state index contributed by atoms with van der Waals surface area (Å²) in [6.45, 7) is 6.12. The number of thioether (sulfide) groups is 2. The number of amides is 1. The Morgan fingerprint density at radius 3 is 2.59 bits per heavy atom. The number of anilines is 2. The number of carbonyl (C=O) groups is 1. The number of hydrogen-bond acceptors (Lipinski definition) is 7.